The molecule has 2 unspecified atom stereocenters. The van der Waals surface area contributed by atoms with Gasteiger partial charge in [-0.05, 0) is 113 Å². The summed E-state index contributed by atoms with van der Waals surface area (Å²) >= 11 is 3.52. The highest BCUT2D eigenvalue weighted by Gasteiger charge is 2.39. The van der Waals surface area contributed by atoms with Crippen LogP contribution in [-0.4, -0.2) is 17.8 Å². The van der Waals surface area contributed by atoms with Gasteiger partial charge < -0.3 is 26.2 Å². The molecule has 5 aliphatic heterocycles. The van der Waals surface area contributed by atoms with E-state index in [0.29, 0.717) is 22.9 Å². The van der Waals surface area contributed by atoms with E-state index in [4.69, 9.17) is 15.0 Å². The Bertz CT molecular complexity index is 4110. The number of hydrogen-bond acceptors (Lipinski definition) is 12. The predicted octanol–water partition coefficient (Wildman–Crippen LogP) is 12.7. The monoisotopic (exact) mass is 976 g/mol. The number of rotatable bonds is 3. The summed E-state index contributed by atoms with van der Waals surface area (Å²) in [5.74, 6) is 1.000. The largest absolute Gasteiger partial charge is 0.872 e. The van der Waals surface area contributed by atoms with Crippen LogP contribution in [0.1, 0.15) is 11.1 Å². The molecule has 5 heterocycles. The van der Waals surface area contributed by atoms with Crippen molar-refractivity contribution in [2.45, 2.75) is 19.6 Å². The molecule has 16 rings (SSSR count). The normalized spacial score (nSPS) is 19.3. The van der Waals surface area contributed by atoms with Crippen LogP contribution in [0, 0.1) is 11.8 Å². The van der Waals surface area contributed by atoms with E-state index in [9.17, 15) is 10.2 Å². The topological polar surface area (TPSA) is 126 Å². The van der Waals surface area contributed by atoms with E-state index in [2.05, 4.69) is 153 Å². The highest BCUT2D eigenvalue weighted by Crippen LogP contribution is 2.54. The highest BCUT2D eigenvalue weighted by atomic mass is 32.2. The van der Waals surface area contributed by atoms with Gasteiger partial charge in [0, 0.05) is 59.0 Å². The van der Waals surface area contributed by atoms with E-state index in [-0.39, 0.29) is 23.0 Å². The minimum Gasteiger partial charge on any atom is -0.872 e. The summed E-state index contributed by atoms with van der Waals surface area (Å²) in [7, 11) is 0. The zero-order chi connectivity index (χ0) is 48.1. The maximum Gasteiger partial charge on any atom is 0.213 e. The van der Waals surface area contributed by atoms with E-state index in [1.807, 2.05) is 60.7 Å². The zero-order valence-electron chi connectivity index (χ0n) is 38.4. The number of aliphatic imine (C=N–C) groups is 3. The van der Waals surface area contributed by atoms with Gasteiger partial charge >= 0.3 is 0 Å². The number of nitrogens with one attached hydrogen (secondary N) is 3. The molecule has 2 atom stereocenters. The Labute approximate surface area is 427 Å². The standard InChI is InChI=1S/C61H38N8O2S2/c70-57-55(58(71)56(57)36-27-30-42-53-33(36)13-10-16-39(53)64-60(66-42)68-44-18-1-5-22-48(44)72-49-23-6-2-19-45(49)68)35-26-29-41-52-32(35)12-9-15-38(52)62-59(63-41)37-28-31-43-54-34(37)14-11-17-40(54)65-61(67-43)69-46-20-3-7-24-50(46)73-51-25-8-4-21-47(51)69/h1-32,35,70-71H,(H,62,63)(H,64,66)(H,65,67)/p-2. The first-order valence-corrected chi connectivity index (χ1v) is 25.8. The average Bonchev–Trinajstić information content (AvgIpc) is 3.43. The second kappa shape index (κ2) is 15.3. The number of guanidine groups is 2. The van der Waals surface area contributed by atoms with Crippen LogP contribution in [-0.2, 0) is 0 Å². The first-order valence-electron chi connectivity index (χ1n) is 24.2. The van der Waals surface area contributed by atoms with Crippen LogP contribution in [0.3, 0.4) is 0 Å². The molecule has 0 amide bonds. The van der Waals surface area contributed by atoms with Crippen molar-refractivity contribution in [3.63, 3.8) is 0 Å². The molecule has 8 aromatic carbocycles. The van der Waals surface area contributed by atoms with Gasteiger partial charge in [-0.1, -0.05) is 138 Å². The molecule has 3 aliphatic carbocycles. The van der Waals surface area contributed by atoms with E-state index in [1.54, 1.807) is 23.5 Å². The summed E-state index contributed by atoms with van der Waals surface area (Å²) in [5.41, 5.74) is 12.5. The van der Waals surface area contributed by atoms with Crippen molar-refractivity contribution >= 4 is 114 Å². The molecule has 0 aromatic heterocycles. The third-order valence-electron chi connectivity index (χ3n) is 14.9. The lowest BCUT2D eigenvalue weighted by Crippen LogP contribution is -2.38. The van der Waals surface area contributed by atoms with Crippen LogP contribution in [0.4, 0.5) is 45.5 Å². The zero-order valence-corrected chi connectivity index (χ0v) is 40.1. The molecule has 346 valence electrons. The lowest BCUT2D eigenvalue weighted by Gasteiger charge is -2.46. The summed E-state index contributed by atoms with van der Waals surface area (Å²) in [6.45, 7) is 0. The van der Waals surface area contributed by atoms with Gasteiger partial charge in [0.15, 0.2) is 0 Å². The second-order valence-electron chi connectivity index (χ2n) is 18.8. The first-order chi connectivity index (χ1) is 36.0. The number of benzene rings is 8. The van der Waals surface area contributed by atoms with Crippen LogP contribution < -0.4 is 36.0 Å². The number of nitrogens with zero attached hydrogens (tertiary/aromatic N) is 5. The Balaban J connectivity index is 0.714. The Hall–Kier alpha value is -8.97. The molecule has 73 heavy (non-hydrogen) atoms. The number of allylic oxidation sites excluding steroid dienone is 8. The van der Waals surface area contributed by atoms with Crippen molar-refractivity contribution in [1.82, 2.24) is 5.32 Å². The number of amidine groups is 1. The Morgan fingerprint density at radius 1 is 0.466 bits per heavy atom. The number of hydrogen-bond donors (Lipinski definition) is 3. The van der Waals surface area contributed by atoms with Gasteiger partial charge in [-0.15, -0.1) is 0 Å². The lowest BCUT2D eigenvalue weighted by molar-refractivity contribution is -0.325. The molecule has 8 aliphatic rings. The minimum atomic E-state index is -0.445. The lowest BCUT2D eigenvalue weighted by atomic mass is 9.69. The van der Waals surface area contributed by atoms with Crippen molar-refractivity contribution in [2.75, 3.05) is 20.4 Å². The Kier molecular flexibility index (Phi) is 8.52. The molecule has 0 radical (unpaired) electrons. The van der Waals surface area contributed by atoms with Crippen LogP contribution in [0.2, 0.25) is 0 Å². The van der Waals surface area contributed by atoms with Crippen molar-refractivity contribution in [2.24, 2.45) is 26.8 Å². The van der Waals surface area contributed by atoms with Crippen LogP contribution >= 0.6 is 23.5 Å². The Morgan fingerprint density at radius 2 is 0.973 bits per heavy atom. The van der Waals surface area contributed by atoms with E-state index in [0.717, 1.165) is 105 Å². The number of fused-ring (bicyclic) bond motifs is 4. The number of anilines is 6. The van der Waals surface area contributed by atoms with Crippen LogP contribution in [0.5, 0.6) is 0 Å². The Morgan fingerprint density at radius 3 is 1.52 bits per heavy atom. The molecule has 0 fully saturated rings. The SMILES string of the molecule is [O-]C1=C(c2ccc3c4c(cccc24)N=C(N2c4ccccc4Sc4ccccc42)N3)C([O-])=C1C1C=CC2=C3C(=CC=CC31)NC(c1ccc3c4c(cccc14)N=C(N1c4ccccc4Sc4ccccc41)N3)=N2. The average molecular weight is 977 g/mol. The molecule has 0 bridgehead atoms. The van der Waals surface area contributed by atoms with Gasteiger partial charge in [0.05, 0.1) is 51.2 Å². The number of para-hydroxylation sites is 4. The van der Waals surface area contributed by atoms with Crippen molar-refractivity contribution in [3.8, 4) is 0 Å². The van der Waals surface area contributed by atoms with E-state index < -0.39 is 5.92 Å². The molecular weight excluding hydrogens is 941 g/mol. The van der Waals surface area contributed by atoms with Crippen LogP contribution in [0.15, 0.2) is 257 Å². The second-order valence-corrected chi connectivity index (χ2v) is 21.0. The van der Waals surface area contributed by atoms with Gasteiger partial charge in [-0.2, -0.15) is 0 Å². The molecule has 12 heteroatoms. The van der Waals surface area contributed by atoms with E-state index in [1.165, 1.54) is 9.79 Å². The van der Waals surface area contributed by atoms with Gasteiger partial charge in [-0.25, -0.2) is 15.0 Å². The highest BCUT2D eigenvalue weighted by molar-refractivity contribution is 8.00. The molecule has 10 nitrogen and oxygen atoms in total. The summed E-state index contributed by atoms with van der Waals surface area (Å²) in [4.78, 5) is 24.7. The molecule has 0 spiro atoms. The third kappa shape index (κ3) is 5.87. The fourth-order valence-corrected chi connectivity index (χ4v) is 13.8. The fraction of sp³-hybridized carbons (Fsp3) is 0.0328. The molecule has 0 saturated carbocycles. The summed E-state index contributed by atoms with van der Waals surface area (Å²) < 4.78 is 0. The minimum absolute atomic E-state index is 0.216. The fourth-order valence-electron chi connectivity index (χ4n) is 11.7. The maximum absolute atomic E-state index is 14.6. The molecule has 8 aromatic rings. The van der Waals surface area contributed by atoms with Crippen LogP contribution in [0.25, 0.3) is 27.1 Å². The van der Waals surface area contributed by atoms with Gasteiger partial charge in [0.2, 0.25) is 11.9 Å². The summed E-state index contributed by atoms with van der Waals surface area (Å²) in [6.07, 6.45) is 10.1. The summed E-state index contributed by atoms with van der Waals surface area (Å²) in [5, 5.41) is 43.8. The smallest absolute Gasteiger partial charge is 0.213 e. The van der Waals surface area contributed by atoms with Crippen molar-refractivity contribution < 1.29 is 10.2 Å². The van der Waals surface area contributed by atoms with Crippen molar-refractivity contribution in [3.05, 3.63) is 233 Å². The molecule has 3 N–H and O–H groups in total. The maximum atomic E-state index is 14.6. The van der Waals surface area contributed by atoms with Gasteiger partial charge in [0.1, 0.15) is 5.84 Å². The third-order valence-corrected chi connectivity index (χ3v) is 17.1. The molecule has 0 saturated heterocycles. The van der Waals surface area contributed by atoms with Crippen molar-refractivity contribution in [1.29, 1.82) is 0 Å². The quantitative estimate of drug-likeness (QED) is 0.159. The van der Waals surface area contributed by atoms with Gasteiger partial charge in [-0.3, -0.25) is 9.80 Å². The molecular formula is C61H36N8O2S2-2. The van der Waals surface area contributed by atoms with E-state index >= 15 is 0 Å². The summed E-state index contributed by atoms with van der Waals surface area (Å²) in [6, 6.07) is 53.8. The first kappa shape index (κ1) is 40.7. The predicted molar refractivity (Wildman–Crippen MR) is 292 cm³/mol. The van der Waals surface area contributed by atoms with Gasteiger partial charge in [0.25, 0.3) is 0 Å².